The highest BCUT2D eigenvalue weighted by Gasteiger charge is 2.37. The van der Waals surface area contributed by atoms with E-state index >= 15 is 0 Å². The molecule has 7 rings (SSSR count). The summed E-state index contributed by atoms with van der Waals surface area (Å²) < 4.78 is 0. The SMILES string of the molecule is CN1CCN(c2cc(C(=O)N3Cc4cn[nH]c4C(C)(C)C3)cc(N3CCC(N4CCc5ccccc5NC4=O)CC3)n2)CC1. The van der Waals surface area contributed by atoms with Gasteiger partial charge in [0.15, 0.2) is 0 Å². The number of fused-ring (bicyclic) bond motifs is 2. The number of rotatable bonds is 4. The number of benzene rings is 1. The number of amides is 3. The lowest BCUT2D eigenvalue weighted by atomic mass is 9.83. The molecule has 3 amide bonds. The molecule has 2 N–H and O–H groups in total. The largest absolute Gasteiger partial charge is 0.356 e. The van der Waals surface area contributed by atoms with Crippen LogP contribution in [0.3, 0.4) is 0 Å². The number of para-hydroxylation sites is 1. The first kappa shape index (κ1) is 28.6. The fourth-order valence-electron chi connectivity index (χ4n) is 7.29. The molecule has 11 nitrogen and oxygen atoms in total. The van der Waals surface area contributed by atoms with Crippen LogP contribution >= 0.6 is 0 Å². The third-order valence-corrected chi connectivity index (χ3v) is 9.87. The number of likely N-dealkylation sites (N-methyl/N-ethyl adjacent to an activating group) is 1. The van der Waals surface area contributed by atoms with E-state index in [0.717, 1.165) is 87.1 Å². The van der Waals surface area contributed by atoms with E-state index in [1.54, 1.807) is 0 Å². The molecule has 6 heterocycles. The number of carbonyl (C=O) groups excluding carboxylic acids is 2. The lowest BCUT2D eigenvalue weighted by Gasteiger charge is -2.39. The Morgan fingerprint density at radius 2 is 1.64 bits per heavy atom. The third kappa shape index (κ3) is 5.49. The Hall–Kier alpha value is -4.12. The molecule has 4 aliphatic heterocycles. The topological polar surface area (TPSA) is 104 Å². The summed E-state index contributed by atoms with van der Waals surface area (Å²) >= 11 is 0. The monoisotopic (exact) mass is 597 g/mol. The van der Waals surface area contributed by atoms with Crippen molar-refractivity contribution in [1.82, 2.24) is 29.9 Å². The Morgan fingerprint density at radius 1 is 0.932 bits per heavy atom. The molecule has 1 aromatic carbocycles. The van der Waals surface area contributed by atoms with Gasteiger partial charge in [0.1, 0.15) is 11.6 Å². The fraction of sp³-hybridized carbons (Fsp3) is 0.515. The molecule has 0 aliphatic carbocycles. The van der Waals surface area contributed by atoms with Gasteiger partial charge in [-0.05, 0) is 50.1 Å². The molecule has 232 valence electrons. The van der Waals surface area contributed by atoms with E-state index in [9.17, 15) is 9.59 Å². The number of H-pyrrole nitrogens is 1. The van der Waals surface area contributed by atoms with Crippen LogP contribution in [0.4, 0.5) is 22.1 Å². The summed E-state index contributed by atoms with van der Waals surface area (Å²) in [4.78, 5) is 43.3. The molecule has 44 heavy (non-hydrogen) atoms. The summed E-state index contributed by atoms with van der Waals surface area (Å²) in [5.41, 5.74) is 4.76. The lowest BCUT2D eigenvalue weighted by Crippen LogP contribution is -2.49. The average molecular weight is 598 g/mol. The molecule has 0 atom stereocenters. The minimum absolute atomic E-state index is 0.0123. The Bertz CT molecular complexity index is 1540. The molecule has 0 radical (unpaired) electrons. The Labute approximate surface area is 259 Å². The number of nitrogens with one attached hydrogen (secondary N) is 2. The Kier molecular flexibility index (Phi) is 7.44. The van der Waals surface area contributed by atoms with Crippen LogP contribution in [-0.4, -0.2) is 107 Å². The highest BCUT2D eigenvalue weighted by Crippen LogP contribution is 2.34. The number of hydrogen-bond donors (Lipinski definition) is 2. The third-order valence-electron chi connectivity index (χ3n) is 9.87. The standard InChI is InChI=1S/C33H43N9O2/c1-33(2)22-41(21-25-20-34-37-30(25)33)31(43)24-18-28(36-29(19-24)40-16-14-38(3)15-17-40)39-11-9-26(10-12-39)42-13-8-23-6-4-5-7-27(23)35-32(42)44/h4-7,18-20,26H,8-17,21-22H2,1-3H3,(H,34,37)(H,35,44). The molecule has 0 bridgehead atoms. The average Bonchev–Trinajstić information content (AvgIpc) is 3.45. The van der Waals surface area contributed by atoms with Gasteiger partial charge in [0.2, 0.25) is 0 Å². The summed E-state index contributed by atoms with van der Waals surface area (Å²) in [5.74, 6) is 1.74. The van der Waals surface area contributed by atoms with Crippen molar-refractivity contribution in [3.8, 4) is 0 Å². The van der Waals surface area contributed by atoms with Gasteiger partial charge in [0.25, 0.3) is 5.91 Å². The van der Waals surface area contributed by atoms with Crippen molar-refractivity contribution in [2.75, 3.05) is 74.5 Å². The van der Waals surface area contributed by atoms with Crippen LogP contribution in [0, 0.1) is 0 Å². The molecule has 2 aromatic heterocycles. The number of nitrogens with zero attached hydrogens (tertiary/aromatic N) is 7. The summed E-state index contributed by atoms with van der Waals surface area (Å²) in [6, 6.07) is 12.2. The molecular formula is C33H43N9O2. The number of aromatic nitrogens is 3. The maximum Gasteiger partial charge on any atom is 0.322 e. The first-order chi connectivity index (χ1) is 21.2. The zero-order valence-electron chi connectivity index (χ0n) is 26.1. The van der Waals surface area contributed by atoms with Crippen molar-refractivity contribution in [1.29, 1.82) is 0 Å². The van der Waals surface area contributed by atoms with E-state index in [1.807, 2.05) is 46.3 Å². The summed E-state index contributed by atoms with van der Waals surface area (Å²) in [7, 11) is 2.14. The van der Waals surface area contributed by atoms with Crippen molar-refractivity contribution in [2.45, 2.75) is 51.1 Å². The van der Waals surface area contributed by atoms with Crippen LogP contribution in [0.25, 0.3) is 0 Å². The molecule has 3 aromatic rings. The first-order valence-electron chi connectivity index (χ1n) is 15.9. The van der Waals surface area contributed by atoms with E-state index in [-0.39, 0.29) is 23.4 Å². The quantitative estimate of drug-likeness (QED) is 0.474. The van der Waals surface area contributed by atoms with Crippen molar-refractivity contribution in [3.05, 3.63) is 65.0 Å². The van der Waals surface area contributed by atoms with Crippen LogP contribution in [0.2, 0.25) is 0 Å². The zero-order valence-corrected chi connectivity index (χ0v) is 26.1. The van der Waals surface area contributed by atoms with Crippen molar-refractivity contribution in [3.63, 3.8) is 0 Å². The van der Waals surface area contributed by atoms with Gasteiger partial charge in [0.05, 0.1) is 6.20 Å². The van der Waals surface area contributed by atoms with Crippen LogP contribution in [0.1, 0.15) is 53.9 Å². The Balaban J connectivity index is 1.11. The summed E-state index contributed by atoms with van der Waals surface area (Å²) in [6.07, 6.45) is 4.41. The maximum absolute atomic E-state index is 14.1. The van der Waals surface area contributed by atoms with E-state index < -0.39 is 0 Å². The Morgan fingerprint density at radius 3 is 2.39 bits per heavy atom. The number of urea groups is 1. The van der Waals surface area contributed by atoms with Gasteiger partial charge in [-0.3, -0.25) is 9.89 Å². The second-order valence-electron chi connectivity index (χ2n) is 13.4. The molecule has 0 saturated carbocycles. The molecule has 4 aliphatic rings. The summed E-state index contributed by atoms with van der Waals surface area (Å²) in [5, 5.41) is 10.5. The number of piperazine rings is 1. The van der Waals surface area contributed by atoms with E-state index in [2.05, 4.69) is 57.2 Å². The second kappa shape index (κ2) is 11.4. The van der Waals surface area contributed by atoms with Crippen LogP contribution in [0.15, 0.2) is 42.6 Å². The van der Waals surface area contributed by atoms with Crippen molar-refractivity contribution >= 4 is 29.3 Å². The molecule has 2 saturated heterocycles. The lowest BCUT2D eigenvalue weighted by molar-refractivity contribution is 0.0684. The molecule has 11 heteroatoms. The minimum Gasteiger partial charge on any atom is -0.356 e. The molecule has 2 fully saturated rings. The number of carbonyl (C=O) groups is 2. The van der Waals surface area contributed by atoms with Crippen molar-refractivity contribution < 1.29 is 9.59 Å². The van der Waals surface area contributed by atoms with Crippen LogP contribution < -0.4 is 15.1 Å². The summed E-state index contributed by atoms with van der Waals surface area (Å²) in [6.45, 7) is 11.4. The number of anilines is 3. The van der Waals surface area contributed by atoms with Gasteiger partial charge in [-0.1, -0.05) is 32.0 Å². The molecule has 0 spiro atoms. The number of pyridine rings is 1. The van der Waals surface area contributed by atoms with Gasteiger partial charge in [-0.15, -0.1) is 0 Å². The highest BCUT2D eigenvalue weighted by molar-refractivity contribution is 5.96. The van der Waals surface area contributed by atoms with Gasteiger partial charge < -0.3 is 29.8 Å². The molecule has 0 unspecified atom stereocenters. The smallest absolute Gasteiger partial charge is 0.322 e. The maximum atomic E-state index is 14.1. The van der Waals surface area contributed by atoms with Crippen molar-refractivity contribution in [2.24, 2.45) is 0 Å². The van der Waals surface area contributed by atoms with Gasteiger partial charge in [-0.25, -0.2) is 9.78 Å². The predicted octanol–water partition coefficient (Wildman–Crippen LogP) is 3.55. The van der Waals surface area contributed by atoms with Crippen LogP contribution in [-0.2, 0) is 18.4 Å². The predicted molar refractivity (Wildman–Crippen MR) is 171 cm³/mol. The number of piperidine rings is 1. The highest BCUT2D eigenvalue weighted by atomic mass is 16.2. The first-order valence-corrected chi connectivity index (χ1v) is 15.9. The van der Waals surface area contributed by atoms with Gasteiger partial charge in [0, 0.05) is 92.9 Å². The molecular weight excluding hydrogens is 554 g/mol. The fourth-order valence-corrected chi connectivity index (χ4v) is 7.29. The van der Waals surface area contributed by atoms with Gasteiger partial charge >= 0.3 is 6.03 Å². The zero-order chi connectivity index (χ0) is 30.4. The van der Waals surface area contributed by atoms with E-state index in [1.165, 1.54) is 5.56 Å². The number of aromatic amines is 1. The van der Waals surface area contributed by atoms with Gasteiger partial charge in [-0.2, -0.15) is 5.10 Å². The van der Waals surface area contributed by atoms with Crippen LogP contribution in [0.5, 0.6) is 0 Å². The number of hydrogen-bond acceptors (Lipinski definition) is 7. The van der Waals surface area contributed by atoms with E-state index in [0.29, 0.717) is 25.2 Å². The second-order valence-corrected chi connectivity index (χ2v) is 13.4. The minimum atomic E-state index is -0.210. The normalized spacial score (nSPS) is 21.0. The van der Waals surface area contributed by atoms with E-state index in [4.69, 9.17) is 4.98 Å².